The molecule has 2 saturated carbocycles. The second-order valence-corrected chi connectivity index (χ2v) is 12.8. The second-order valence-electron chi connectivity index (χ2n) is 12.8. The molecular formula is C30H40O8. The maximum atomic E-state index is 13.4. The number of carbonyl (C=O) groups excluding carboxylic acids is 3. The average Bonchev–Trinajstić information content (AvgIpc) is 3.07. The Kier molecular flexibility index (Phi) is 6.18. The van der Waals surface area contributed by atoms with Crippen LogP contribution in [0.5, 0.6) is 0 Å². The van der Waals surface area contributed by atoms with Gasteiger partial charge in [-0.1, -0.05) is 31.1 Å². The predicted molar refractivity (Wildman–Crippen MR) is 137 cm³/mol. The topological polar surface area (TPSA) is 130 Å². The molecule has 3 N–H and O–H groups in total. The summed E-state index contributed by atoms with van der Waals surface area (Å²) in [6, 6.07) is 0. The summed E-state index contributed by atoms with van der Waals surface area (Å²) in [6.07, 6.45) is 4.00. The van der Waals surface area contributed by atoms with E-state index in [-0.39, 0.29) is 30.5 Å². The number of aliphatic hydroxyl groups excluding tert-OH is 1. The molecule has 8 heteroatoms. The third-order valence-electron chi connectivity index (χ3n) is 11.2. The van der Waals surface area contributed by atoms with Crippen LogP contribution in [-0.2, 0) is 23.9 Å². The van der Waals surface area contributed by atoms with Crippen molar-refractivity contribution in [1.29, 1.82) is 0 Å². The summed E-state index contributed by atoms with van der Waals surface area (Å²) in [5.41, 5.74) is -3.01. The van der Waals surface area contributed by atoms with Crippen molar-refractivity contribution < 1.29 is 39.2 Å². The van der Waals surface area contributed by atoms with Gasteiger partial charge >= 0.3 is 11.9 Å². The highest BCUT2D eigenvalue weighted by Crippen LogP contribution is 2.69. The number of ether oxygens (including phenoxy) is 2. The monoisotopic (exact) mass is 528 g/mol. The molecule has 38 heavy (non-hydrogen) atoms. The van der Waals surface area contributed by atoms with Gasteiger partial charge in [-0.05, 0) is 70.4 Å². The van der Waals surface area contributed by atoms with E-state index < -0.39 is 58.1 Å². The number of aliphatic hydroxyl groups is 3. The van der Waals surface area contributed by atoms with E-state index in [4.69, 9.17) is 9.47 Å². The highest BCUT2D eigenvalue weighted by Gasteiger charge is 2.74. The van der Waals surface area contributed by atoms with E-state index in [9.17, 15) is 29.7 Å². The fraction of sp³-hybridized carbons (Fsp3) is 0.700. The fourth-order valence-electron chi connectivity index (χ4n) is 8.67. The molecule has 2 fully saturated rings. The van der Waals surface area contributed by atoms with Crippen molar-refractivity contribution in [2.75, 3.05) is 0 Å². The maximum Gasteiger partial charge on any atom is 0.333 e. The Morgan fingerprint density at radius 3 is 2.50 bits per heavy atom. The van der Waals surface area contributed by atoms with E-state index in [1.54, 1.807) is 26.0 Å². The van der Waals surface area contributed by atoms with Gasteiger partial charge in [0.15, 0.2) is 5.78 Å². The normalized spacial score (nSPS) is 47.0. The molecule has 0 spiro atoms. The minimum Gasteiger partial charge on any atom is -0.458 e. The molecule has 208 valence electrons. The Bertz CT molecular complexity index is 1180. The largest absolute Gasteiger partial charge is 0.458 e. The molecule has 5 aliphatic rings. The molecule has 10 atom stereocenters. The Balaban J connectivity index is 1.59. The van der Waals surface area contributed by atoms with E-state index >= 15 is 0 Å². The number of hydrogen-bond acceptors (Lipinski definition) is 8. The van der Waals surface area contributed by atoms with Crippen LogP contribution < -0.4 is 0 Å². The molecule has 1 aliphatic heterocycles. The third-order valence-corrected chi connectivity index (χ3v) is 11.2. The van der Waals surface area contributed by atoms with Crippen LogP contribution in [0.1, 0.15) is 73.6 Å². The minimum atomic E-state index is -1.64. The zero-order valence-electron chi connectivity index (χ0n) is 23.1. The highest BCUT2D eigenvalue weighted by molar-refractivity contribution is 5.97. The summed E-state index contributed by atoms with van der Waals surface area (Å²) >= 11 is 0. The molecule has 4 aliphatic carbocycles. The zero-order valence-corrected chi connectivity index (χ0v) is 23.1. The summed E-state index contributed by atoms with van der Waals surface area (Å²) in [5.74, 6) is -2.49. The molecule has 1 heterocycles. The molecule has 0 bridgehead atoms. The molecule has 0 aromatic carbocycles. The lowest BCUT2D eigenvalue weighted by molar-refractivity contribution is -0.273. The van der Waals surface area contributed by atoms with Crippen LogP contribution in [0, 0.1) is 28.6 Å². The van der Waals surface area contributed by atoms with Crippen molar-refractivity contribution in [2.24, 2.45) is 28.6 Å². The van der Waals surface area contributed by atoms with Gasteiger partial charge in [-0.2, -0.15) is 0 Å². The first-order chi connectivity index (χ1) is 17.6. The first-order valence-corrected chi connectivity index (χ1v) is 13.7. The van der Waals surface area contributed by atoms with Crippen molar-refractivity contribution in [3.8, 4) is 0 Å². The zero-order chi connectivity index (χ0) is 28.0. The number of cyclic esters (lactones) is 1. The van der Waals surface area contributed by atoms with Gasteiger partial charge in [-0.3, -0.25) is 9.59 Å². The number of ketones is 1. The van der Waals surface area contributed by atoms with Gasteiger partial charge < -0.3 is 24.8 Å². The van der Waals surface area contributed by atoms with Crippen molar-refractivity contribution in [2.45, 2.75) is 103 Å². The third kappa shape index (κ3) is 3.29. The lowest BCUT2D eigenvalue weighted by Crippen LogP contribution is -2.74. The van der Waals surface area contributed by atoms with Crippen LogP contribution in [0.25, 0.3) is 0 Å². The molecule has 0 saturated heterocycles. The summed E-state index contributed by atoms with van der Waals surface area (Å²) in [6.45, 7) is 10.6. The molecule has 0 amide bonds. The first kappa shape index (κ1) is 27.3. The molecular weight excluding hydrogens is 488 g/mol. The number of esters is 2. The van der Waals surface area contributed by atoms with E-state index in [1.807, 2.05) is 20.8 Å². The van der Waals surface area contributed by atoms with Gasteiger partial charge in [0.25, 0.3) is 0 Å². The second kappa shape index (κ2) is 8.60. The van der Waals surface area contributed by atoms with Crippen LogP contribution in [0.3, 0.4) is 0 Å². The van der Waals surface area contributed by atoms with E-state index in [1.165, 1.54) is 13.0 Å². The molecule has 0 aromatic heterocycles. The maximum absolute atomic E-state index is 13.4. The summed E-state index contributed by atoms with van der Waals surface area (Å²) in [5, 5.41) is 35.7. The quantitative estimate of drug-likeness (QED) is 0.377. The number of fused-ring (bicyclic) bond motifs is 5. The molecule has 0 radical (unpaired) electrons. The van der Waals surface area contributed by atoms with Crippen molar-refractivity contribution in [3.05, 3.63) is 34.9 Å². The number of hydrogen-bond donors (Lipinski definition) is 3. The Labute approximate surface area is 223 Å². The summed E-state index contributed by atoms with van der Waals surface area (Å²) in [7, 11) is 0. The van der Waals surface area contributed by atoms with Gasteiger partial charge in [-0.25, -0.2) is 4.79 Å². The molecule has 5 rings (SSSR count). The lowest BCUT2D eigenvalue weighted by Gasteiger charge is -2.65. The summed E-state index contributed by atoms with van der Waals surface area (Å²) < 4.78 is 11.6. The number of allylic oxidation sites excluding steroid dienone is 1. The Hall–Kier alpha value is -2.29. The molecule has 0 unspecified atom stereocenters. The van der Waals surface area contributed by atoms with Crippen molar-refractivity contribution >= 4 is 17.7 Å². The standard InChI is InChI=1S/C30H40O8/c1-15-12-22(38-26(34)16(15)2)17(3)20-14-25(37-18(4)31)30(36)21-13-24(33)29(35)10-7-8-23(32)28(29,6)19(21)9-11-27(20,30)5/h7-8,14,17,19,21-22,24-25,33,35-36H,9-13H2,1-6H3/t17-,19-,21+,22+,24+,25-,27+,28-,29-,30-/m0/s1. The first-order valence-electron chi connectivity index (χ1n) is 13.7. The minimum absolute atomic E-state index is 0.0662. The van der Waals surface area contributed by atoms with Crippen LogP contribution in [0.2, 0.25) is 0 Å². The van der Waals surface area contributed by atoms with E-state index in [2.05, 4.69) is 0 Å². The van der Waals surface area contributed by atoms with E-state index in [0.29, 0.717) is 24.8 Å². The van der Waals surface area contributed by atoms with Crippen LogP contribution >= 0.6 is 0 Å². The van der Waals surface area contributed by atoms with Gasteiger partial charge in [0.2, 0.25) is 0 Å². The van der Waals surface area contributed by atoms with Crippen LogP contribution in [0.15, 0.2) is 34.9 Å². The van der Waals surface area contributed by atoms with Gasteiger partial charge in [0.05, 0.1) is 11.5 Å². The molecule has 8 nitrogen and oxygen atoms in total. The smallest absolute Gasteiger partial charge is 0.333 e. The van der Waals surface area contributed by atoms with E-state index in [0.717, 1.165) is 11.1 Å². The summed E-state index contributed by atoms with van der Waals surface area (Å²) in [4.78, 5) is 38.1. The van der Waals surface area contributed by atoms with Gasteiger partial charge in [0.1, 0.15) is 23.4 Å². The van der Waals surface area contributed by atoms with Gasteiger partial charge in [-0.15, -0.1) is 0 Å². The van der Waals surface area contributed by atoms with Crippen molar-refractivity contribution in [3.63, 3.8) is 0 Å². The van der Waals surface area contributed by atoms with Crippen molar-refractivity contribution in [1.82, 2.24) is 0 Å². The Morgan fingerprint density at radius 2 is 1.87 bits per heavy atom. The average molecular weight is 529 g/mol. The van der Waals surface area contributed by atoms with Crippen LogP contribution in [-0.4, -0.2) is 62.6 Å². The van der Waals surface area contributed by atoms with Gasteiger partial charge in [0, 0.05) is 30.3 Å². The lowest BCUT2D eigenvalue weighted by atomic mass is 9.41. The number of carbonyl (C=O) groups is 3. The SMILES string of the molecule is CC(=O)O[C@H]1C=C([C@H](C)[C@H]2CC(C)=C(C)C(=O)O2)[C@@]2(C)CC[C@H]3[C@@H](C[C@@H](O)[C@@]4(O)CC=CC(=O)[C@]34C)[C@]12O. The highest BCUT2D eigenvalue weighted by atomic mass is 16.6. The molecule has 0 aromatic rings. The Morgan fingerprint density at radius 1 is 1.18 bits per heavy atom. The fourth-order valence-corrected chi connectivity index (χ4v) is 8.67. The van der Waals surface area contributed by atoms with Crippen LogP contribution in [0.4, 0.5) is 0 Å². The number of rotatable bonds is 3. The predicted octanol–water partition coefficient (Wildman–Crippen LogP) is 2.94.